The van der Waals surface area contributed by atoms with Gasteiger partial charge in [0.1, 0.15) is 23.9 Å². The summed E-state index contributed by atoms with van der Waals surface area (Å²) >= 11 is 0. The lowest BCUT2D eigenvalue weighted by atomic mass is 10.1. The minimum absolute atomic E-state index is 0.0496. The molecule has 0 amide bonds. The summed E-state index contributed by atoms with van der Waals surface area (Å²) in [4.78, 5) is 10.8. The Kier molecular flexibility index (Phi) is 5.14. The highest BCUT2D eigenvalue weighted by molar-refractivity contribution is 5.84. The molecule has 1 aromatic heterocycles. The Labute approximate surface area is 144 Å². The predicted octanol–water partition coefficient (Wildman–Crippen LogP) is 4.48. The smallest absolute Gasteiger partial charge is 0.371 e. The first-order valence-corrected chi connectivity index (χ1v) is 7.88. The molecule has 1 N–H and O–H groups in total. The van der Waals surface area contributed by atoms with Crippen LogP contribution in [0.3, 0.4) is 0 Å². The number of carbonyl (C=O) groups is 1. The van der Waals surface area contributed by atoms with Crippen LogP contribution in [0.25, 0.3) is 0 Å². The van der Waals surface area contributed by atoms with Crippen LogP contribution in [0.4, 0.5) is 4.39 Å². The number of furan rings is 1. The van der Waals surface area contributed by atoms with E-state index in [9.17, 15) is 9.18 Å². The van der Waals surface area contributed by atoms with Crippen LogP contribution in [0.1, 0.15) is 27.4 Å². The Morgan fingerprint density at radius 1 is 1.00 bits per heavy atom. The molecule has 5 heteroatoms. The Balaban J connectivity index is 1.57. The zero-order chi connectivity index (χ0) is 17.6. The van der Waals surface area contributed by atoms with Gasteiger partial charge < -0.3 is 14.3 Å². The van der Waals surface area contributed by atoms with Crippen molar-refractivity contribution >= 4 is 5.97 Å². The number of halogens is 1. The minimum atomic E-state index is -1.07. The Morgan fingerprint density at radius 2 is 1.80 bits per heavy atom. The SMILES string of the molecule is O=C(O)c1ccc(CCc2cccc(OCc3ccc(F)cc3)c2)o1. The summed E-state index contributed by atoms with van der Waals surface area (Å²) < 4.78 is 23.9. The second-order valence-electron chi connectivity index (χ2n) is 5.63. The van der Waals surface area contributed by atoms with Crippen molar-refractivity contribution in [3.63, 3.8) is 0 Å². The fourth-order valence-electron chi connectivity index (χ4n) is 2.43. The lowest BCUT2D eigenvalue weighted by Crippen LogP contribution is -1.97. The van der Waals surface area contributed by atoms with Crippen LogP contribution in [0.15, 0.2) is 65.1 Å². The summed E-state index contributed by atoms with van der Waals surface area (Å²) in [6.45, 7) is 0.365. The maximum Gasteiger partial charge on any atom is 0.371 e. The highest BCUT2D eigenvalue weighted by atomic mass is 19.1. The third kappa shape index (κ3) is 4.70. The number of hydrogen-bond acceptors (Lipinski definition) is 3. The van der Waals surface area contributed by atoms with Gasteiger partial charge >= 0.3 is 5.97 Å². The van der Waals surface area contributed by atoms with E-state index in [-0.39, 0.29) is 11.6 Å². The molecular formula is C20H17FO4. The third-order valence-corrected chi connectivity index (χ3v) is 3.75. The molecule has 0 unspecified atom stereocenters. The van der Waals surface area contributed by atoms with Crippen molar-refractivity contribution in [2.45, 2.75) is 19.4 Å². The van der Waals surface area contributed by atoms with Crippen LogP contribution < -0.4 is 4.74 Å². The zero-order valence-electron chi connectivity index (χ0n) is 13.4. The van der Waals surface area contributed by atoms with Gasteiger partial charge in [-0.25, -0.2) is 9.18 Å². The van der Waals surface area contributed by atoms with E-state index in [2.05, 4.69) is 0 Å². The maximum atomic E-state index is 12.9. The topological polar surface area (TPSA) is 59.7 Å². The van der Waals surface area contributed by atoms with Crippen LogP contribution in [0.5, 0.6) is 5.75 Å². The maximum absolute atomic E-state index is 12.9. The summed E-state index contributed by atoms with van der Waals surface area (Å²) in [5.74, 6) is -0.0221. The summed E-state index contributed by atoms with van der Waals surface area (Å²) in [6.07, 6.45) is 1.31. The number of carboxylic acids is 1. The van der Waals surface area contributed by atoms with Gasteiger partial charge in [-0.1, -0.05) is 24.3 Å². The van der Waals surface area contributed by atoms with Gasteiger partial charge in [-0.05, 0) is 53.9 Å². The zero-order valence-corrected chi connectivity index (χ0v) is 13.4. The van der Waals surface area contributed by atoms with E-state index in [1.165, 1.54) is 18.2 Å². The Hall–Kier alpha value is -3.08. The Morgan fingerprint density at radius 3 is 2.52 bits per heavy atom. The summed E-state index contributed by atoms with van der Waals surface area (Å²) in [5.41, 5.74) is 1.95. The van der Waals surface area contributed by atoms with Gasteiger partial charge in [-0.15, -0.1) is 0 Å². The molecule has 0 fully saturated rings. The highest BCUT2D eigenvalue weighted by Crippen LogP contribution is 2.18. The molecular weight excluding hydrogens is 323 g/mol. The van der Waals surface area contributed by atoms with Crippen molar-refractivity contribution in [2.75, 3.05) is 0 Å². The molecule has 4 nitrogen and oxygen atoms in total. The molecule has 3 rings (SSSR count). The second kappa shape index (κ2) is 7.66. The predicted molar refractivity (Wildman–Crippen MR) is 90.2 cm³/mol. The molecule has 25 heavy (non-hydrogen) atoms. The molecule has 1 heterocycles. The number of carboxylic acid groups (broad SMARTS) is 1. The monoisotopic (exact) mass is 340 g/mol. The highest BCUT2D eigenvalue weighted by Gasteiger charge is 2.09. The second-order valence-corrected chi connectivity index (χ2v) is 5.63. The third-order valence-electron chi connectivity index (χ3n) is 3.75. The number of ether oxygens (including phenoxy) is 1. The van der Waals surface area contributed by atoms with E-state index in [4.69, 9.17) is 14.3 Å². The van der Waals surface area contributed by atoms with Crippen LogP contribution >= 0.6 is 0 Å². The molecule has 3 aromatic rings. The number of aromatic carboxylic acids is 1. The van der Waals surface area contributed by atoms with Gasteiger partial charge in [0.15, 0.2) is 0 Å². The van der Waals surface area contributed by atoms with E-state index in [0.717, 1.165) is 16.9 Å². The number of aryl methyl sites for hydroxylation is 2. The van der Waals surface area contributed by atoms with Gasteiger partial charge in [-0.2, -0.15) is 0 Å². The quantitative estimate of drug-likeness (QED) is 0.689. The fraction of sp³-hybridized carbons (Fsp3) is 0.150. The summed E-state index contributed by atoms with van der Waals surface area (Å²) in [5, 5.41) is 8.86. The van der Waals surface area contributed by atoms with Crippen LogP contribution in [0, 0.1) is 5.82 Å². The molecule has 0 bridgehead atoms. The lowest BCUT2D eigenvalue weighted by molar-refractivity contribution is 0.0660. The van der Waals surface area contributed by atoms with Crippen LogP contribution in [-0.2, 0) is 19.4 Å². The van der Waals surface area contributed by atoms with Crippen LogP contribution in [0.2, 0.25) is 0 Å². The lowest BCUT2D eigenvalue weighted by Gasteiger charge is -2.08. The molecule has 0 aliphatic carbocycles. The van der Waals surface area contributed by atoms with Crippen molar-refractivity contribution in [3.05, 3.63) is 89.1 Å². The van der Waals surface area contributed by atoms with E-state index in [1.54, 1.807) is 18.2 Å². The van der Waals surface area contributed by atoms with Gasteiger partial charge in [0.2, 0.25) is 5.76 Å². The first kappa shape index (κ1) is 16.8. The average Bonchev–Trinajstić information content (AvgIpc) is 3.09. The van der Waals surface area contributed by atoms with Gasteiger partial charge in [-0.3, -0.25) is 0 Å². The largest absolute Gasteiger partial charge is 0.489 e. The van der Waals surface area contributed by atoms with Crippen molar-refractivity contribution in [1.29, 1.82) is 0 Å². The number of rotatable bonds is 7. The molecule has 0 aliphatic rings. The van der Waals surface area contributed by atoms with E-state index < -0.39 is 5.97 Å². The van der Waals surface area contributed by atoms with Crippen molar-refractivity contribution in [2.24, 2.45) is 0 Å². The standard InChI is InChI=1S/C20H17FO4/c21-16-7-4-15(5-8-16)13-24-18-3-1-2-14(12-18)6-9-17-10-11-19(25-17)20(22)23/h1-5,7-8,10-12H,6,9,13H2,(H,22,23). The average molecular weight is 340 g/mol. The molecule has 2 aromatic carbocycles. The van der Waals surface area contributed by atoms with Crippen molar-refractivity contribution in [3.8, 4) is 5.75 Å². The number of benzene rings is 2. The van der Waals surface area contributed by atoms with Gasteiger partial charge in [0, 0.05) is 6.42 Å². The first-order chi connectivity index (χ1) is 12.1. The van der Waals surface area contributed by atoms with Gasteiger partial charge in [0.25, 0.3) is 0 Å². The van der Waals surface area contributed by atoms with Crippen LogP contribution in [-0.4, -0.2) is 11.1 Å². The summed E-state index contributed by atoms with van der Waals surface area (Å²) in [7, 11) is 0. The molecule has 128 valence electrons. The van der Waals surface area contributed by atoms with E-state index >= 15 is 0 Å². The molecule has 0 saturated carbocycles. The number of hydrogen-bond donors (Lipinski definition) is 1. The van der Waals surface area contributed by atoms with E-state index in [0.29, 0.717) is 25.2 Å². The van der Waals surface area contributed by atoms with Crippen molar-refractivity contribution in [1.82, 2.24) is 0 Å². The molecule has 0 spiro atoms. The molecule has 0 aliphatic heterocycles. The molecule has 0 radical (unpaired) electrons. The Bertz CT molecular complexity index is 852. The summed E-state index contributed by atoms with van der Waals surface area (Å²) in [6, 6.07) is 17.0. The first-order valence-electron chi connectivity index (χ1n) is 7.88. The molecule has 0 atom stereocenters. The normalized spacial score (nSPS) is 10.6. The minimum Gasteiger partial charge on any atom is -0.489 e. The molecule has 0 saturated heterocycles. The fourth-order valence-corrected chi connectivity index (χ4v) is 2.43. The van der Waals surface area contributed by atoms with E-state index in [1.807, 2.05) is 24.3 Å². The van der Waals surface area contributed by atoms with Crippen molar-refractivity contribution < 1.29 is 23.4 Å². The van der Waals surface area contributed by atoms with Gasteiger partial charge in [0.05, 0.1) is 0 Å².